The van der Waals surface area contributed by atoms with Crippen molar-refractivity contribution < 1.29 is 9.53 Å². The van der Waals surface area contributed by atoms with Crippen LogP contribution in [0.1, 0.15) is 40.0 Å². The molecule has 4 heteroatoms. The lowest BCUT2D eigenvalue weighted by Crippen LogP contribution is -2.41. The number of nitrogens with one attached hydrogen (secondary N) is 1. The maximum atomic E-state index is 11.1. The van der Waals surface area contributed by atoms with Crippen LogP contribution in [0.15, 0.2) is 0 Å². The minimum Gasteiger partial charge on any atom is -0.450 e. The number of hydrogen-bond donors (Lipinski definition) is 1. The van der Waals surface area contributed by atoms with Gasteiger partial charge >= 0.3 is 6.09 Å². The minimum atomic E-state index is -0.344. The van der Waals surface area contributed by atoms with Gasteiger partial charge in [-0.25, -0.2) is 4.79 Å². The lowest BCUT2D eigenvalue weighted by Gasteiger charge is -2.19. The van der Waals surface area contributed by atoms with Crippen LogP contribution >= 0.6 is 11.6 Å². The van der Waals surface area contributed by atoms with Crippen LogP contribution in [0, 0.1) is 0 Å². The van der Waals surface area contributed by atoms with Crippen molar-refractivity contribution >= 4 is 17.7 Å². The Kier molecular flexibility index (Phi) is 6.71. The van der Waals surface area contributed by atoms with Crippen molar-refractivity contribution in [3.05, 3.63) is 0 Å². The van der Waals surface area contributed by atoms with E-state index in [1.807, 2.05) is 20.8 Å². The number of carbonyl (C=O) groups is 1. The van der Waals surface area contributed by atoms with E-state index in [1.165, 1.54) is 0 Å². The van der Waals surface area contributed by atoms with Crippen molar-refractivity contribution in [2.45, 2.75) is 45.6 Å². The summed E-state index contributed by atoms with van der Waals surface area (Å²) in [5.74, 6) is 0.675. The number of carbonyl (C=O) groups excluding carboxylic acids is 1. The maximum absolute atomic E-state index is 11.1. The highest BCUT2D eigenvalue weighted by Crippen LogP contribution is 2.01. The number of amides is 1. The number of hydrogen-bond acceptors (Lipinski definition) is 2. The fraction of sp³-hybridized carbons (Fsp3) is 0.900. The standard InChI is InChI=1S/C10H20ClNO2/c1-10(2,3)12-9(13)14-8-6-4-5-7-11/h4-8H2,1-3H3,(H,12,13). The summed E-state index contributed by atoms with van der Waals surface area (Å²) in [4.78, 5) is 11.1. The van der Waals surface area contributed by atoms with E-state index >= 15 is 0 Å². The van der Waals surface area contributed by atoms with Crippen LogP contribution < -0.4 is 5.32 Å². The van der Waals surface area contributed by atoms with E-state index in [0.717, 1.165) is 19.3 Å². The minimum absolute atomic E-state index is 0.229. The van der Waals surface area contributed by atoms with Crippen LogP contribution in [0.3, 0.4) is 0 Å². The largest absolute Gasteiger partial charge is 0.450 e. The summed E-state index contributed by atoms with van der Waals surface area (Å²) >= 11 is 5.51. The van der Waals surface area contributed by atoms with Gasteiger partial charge in [0.2, 0.25) is 0 Å². The topological polar surface area (TPSA) is 38.3 Å². The first-order valence-corrected chi connectivity index (χ1v) is 5.50. The molecule has 3 nitrogen and oxygen atoms in total. The summed E-state index contributed by atoms with van der Waals surface area (Å²) < 4.78 is 4.97. The van der Waals surface area contributed by atoms with Gasteiger partial charge in [-0.1, -0.05) is 0 Å². The first-order chi connectivity index (χ1) is 6.45. The van der Waals surface area contributed by atoms with Gasteiger partial charge in [0, 0.05) is 11.4 Å². The molecule has 0 saturated heterocycles. The van der Waals surface area contributed by atoms with Gasteiger partial charge in [0.05, 0.1) is 6.61 Å². The molecule has 0 aliphatic carbocycles. The molecule has 0 aromatic rings. The van der Waals surface area contributed by atoms with E-state index in [9.17, 15) is 4.79 Å². The molecule has 1 amide bonds. The van der Waals surface area contributed by atoms with Crippen LogP contribution in [0.5, 0.6) is 0 Å². The van der Waals surface area contributed by atoms with Crippen LogP contribution in [0.25, 0.3) is 0 Å². The van der Waals surface area contributed by atoms with Gasteiger partial charge < -0.3 is 10.1 Å². The molecule has 84 valence electrons. The Labute approximate surface area is 91.2 Å². The zero-order valence-corrected chi connectivity index (χ0v) is 9.99. The molecule has 0 fully saturated rings. The average molecular weight is 222 g/mol. The summed E-state index contributed by atoms with van der Waals surface area (Å²) in [5, 5.41) is 2.72. The number of ether oxygens (including phenoxy) is 1. The maximum Gasteiger partial charge on any atom is 0.407 e. The molecule has 0 unspecified atom stereocenters. The lowest BCUT2D eigenvalue weighted by molar-refractivity contribution is 0.135. The summed E-state index contributed by atoms with van der Waals surface area (Å²) in [6.07, 6.45) is 2.52. The van der Waals surface area contributed by atoms with E-state index in [2.05, 4.69) is 5.32 Å². The number of alkyl halides is 1. The highest BCUT2D eigenvalue weighted by Gasteiger charge is 2.13. The van der Waals surface area contributed by atoms with E-state index in [0.29, 0.717) is 12.5 Å². The van der Waals surface area contributed by atoms with E-state index in [1.54, 1.807) is 0 Å². The van der Waals surface area contributed by atoms with Crippen molar-refractivity contribution in [2.75, 3.05) is 12.5 Å². The second kappa shape index (κ2) is 6.93. The Balaban J connectivity index is 3.36. The van der Waals surface area contributed by atoms with E-state index < -0.39 is 0 Å². The second-order valence-corrected chi connectivity index (χ2v) is 4.64. The molecule has 1 N–H and O–H groups in total. The molecule has 0 aromatic heterocycles. The second-order valence-electron chi connectivity index (χ2n) is 4.26. The molecular weight excluding hydrogens is 202 g/mol. The van der Waals surface area contributed by atoms with Crippen molar-refractivity contribution in [3.8, 4) is 0 Å². The lowest BCUT2D eigenvalue weighted by atomic mass is 10.1. The third kappa shape index (κ3) is 9.65. The SMILES string of the molecule is CC(C)(C)NC(=O)OCCCCCCl. The normalized spacial score (nSPS) is 11.1. The first-order valence-electron chi connectivity index (χ1n) is 4.96. The average Bonchev–Trinajstić information content (AvgIpc) is 2.00. The van der Waals surface area contributed by atoms with Gasteiger partial charge in [-0.15, -0.1) is 11.6 Å². The molecular formula is C10H20ClNO2. The fourth-order valence-corrected chi connectivity index (χ4v) is 1.07. The monoisotopic (exact) mass is 221 g/mol. The summed E-state index contributed by atoms with van der Waals surface area (Å²) in [6.45, 7) is 6.23. The molecule has 0 aliphatic heterocycles. The number of alkyl carbamates (subject to hydrolysis) is 1. The van der Waals surface area contributed by atoms with Gasteiger partial charge in [-0.3, -0.25) is 0 Å². The molecule has 0 aliphatic rings. The Bertz CT molecular complexity index is 166. The summed E-state index contributed by atoms with van der Waals surface area (Å²) in [5.41, 5.74) is -0.229. The Morgan fingerprint density at radius 1 is 1.29 bits per heavy atom. The Hall–Kier alpha value is -0.440. The van der Waals surface area contributed by atoms with Gasteiger partial charge in [0.1, 0.15) is 0 Å². The van der Waals surface area contributed by atoms with Crippen molar-refractivity contribution in [1.29, 1.82) is 0 Å². The quantitative estimate of drug-likeness (QED) is 0.573. The molecule has 0 atom stereocenters. The smallest absolute Gasteiger partial charge is 0.407 e. The summed E-state index contributed by atoms with van der Waals surface area (Å²) in [6, 6.07) is 0. The molecule has 0 bridgehead atoms. The molecule has 0 radical (unpaired) electrons. The molecule has 14 heavy (non-hydrogen) atoms. The third-order valence-electron chi connectivity index (χ3n) is 1.49. The number of halogens is 1. The van der Waals surface area contributed by atoms with Crippen LogP contribution in [0.2, 0.25) is 0 Å². The molecule has 0 rings (SSSR count). The van der Waals surface area contributed by atoms with Crippen LogP contribution in [0.4, 0.5) is 4.79 Å². The van der Waals surface area contributed by atoms with E-state index in [-0.39, 0.29) is 11.6 Å². The molecule has 0 aromatic carbocycles. The summed E-state index contributed by atoms with van der Waals surface area (Å²) in [7, 11) is 0. The van der Waals surface area contributed by atoms with Gasteiger partial charge in [0.15, 0.2) is 0 Å². The highest BCUT2D eigenvalue weighted by molar-refractivity contribution is 6.17. The van der Waals surface area contributed by atoms with Crippen LogP contribution in [-0.2, 0) is 4.74 Å². The molecule has 0 saturated carbocycles. The Morgan fingerprint density at radius 3 is 2.43 bits per heavy atom. The first kappa shape index (κ1) is 13.6. The fourth-order valence-electron chi connectivity index (χ4n) is 0.880. The molecule has 0 spiro atoms. The van der Waals surface area contributed by atoms with Gasteiger partial charge in [-0.05, 0) is 40.0 Å². The van der Waals surface area contributed by atoms with Gasteiger partial charge in [-0.2, -0.15) is 0 Å². The Morgan fingerprint density at radius 2 is 1.93 bits per heavy atom. The van der Waals surface area contributed by atoms with Crippen molar-refractivity contribution in [1.82, 2.24) is 5.32 Å². The number of rotatable bonds is 5. The van der Waals surface area contributed by atoms with Crippen molar-refractivity contribution in [2.24, 2.45) is 0 Å². The van der Waals surface area contributed by atoms with E-state index in [4.69, 9.17) is 16.3 Å². The van der Waals surface area contributed by atoms with Gasteiger partial charge in [0.25, 0.3) is 0 Å². The highest BCUT2D eigenvalue weighted by atomic mass is 35.5. The zero-order valence-electron chi connectivity index (χ0n) is 9.23. The van der Waals surface area contributed by atoms with Crippen LogP contribution in [-0.4, -0.2) is 24.1 Å². The zero-order chi connectivity index (χ0) is 11.0. The van der Waals surface area contributed by atoms with Crippen molar-refractivity contribution in [3.63, 3.8) is 0 Å². The predicted octanol–water partition coefficient (Wildman–Crippen LogP) is 2.92. The molecule has 0 heterocycles. The number of unbranched alkanes of at least 4 members (excludes halogenated alkanes) is 2. The third-order valence-corrected chi connectivity index (χ3v) is 1.76. The predicted molar refractivity (Wildman–Crippen MR) is 58.8 cm³/mol.